The molecule has 0 aromatic carbocycles. The van der Waals surface area contributed by atoms with Gasteiger partial charge in [0.25, 0.3) is 0 Å². The molecule has 110 valence electrons. The second-order valence-corrected chi connectivity index (χ2v) is 8.43. The SMILES string of the molecule is O=S(=O)(O)C1=NC(=NN=C2CSC(S(=O)(=O)O)=N2)CS1. The van der Waals surface area contributed by atoms with Gasteiger partial charge in [0.2, 0.25) is 8.75 Å². The molecule has 0 aliphatic carbocycles. The Morgan fingerprint density at radius 3 is 1.45 bits per heavy atom. The molecule has 2 N–H and O–H groups in total. The molecule has 2 aliphatic rings. The maximum absolute atomic E-state index is 10.8. The summed E-state index contributed by atoms with van der Waals surface area (Å²) in [5.74, 6) is 0.313. The Bertz CT molecular complexity index is 695. The molecule has 2 rings (SSSR count). The van der Waals surface area contributed by atoms with Crippen molar-refractivity contribution in [2.75, 3.05) is 11.5 Å². The van der Waals surface area contributed by atoms with Crippen LogP contribution < -0.4 is 0 Å². The lowest BCUT2D eigenvalue weighted by Gasteiger charge is -1.88. The Hall–Kier alpha value is -0.800. The summed E-state index contributed by atoms with van der Waals surface area (Å²) >= 11 is 1.56. The molecule has 0 amide bonds. The molecule has 0 aromatic heterocycles. The van der Waals surface area contributed by atoms with Crippen LogP contribution in [0.25, 0.3) is 0 Å². The minimum absolute atomic E-state index is 0.0515. The highest BCUT2D eigenvalue weighted by molar-refractivity contribution is 8.34. The highest BCUT2D eigenvalue weighted by atomic mass is 32.3. The topological polar surface area (TPSA) is 158 Å². The van der Waals surface area contributed by atoms with Crippen molar-refractivity contribution in [2.24, 2.45) is 20.2 Å². The first-order valence-electron chi connectivity index (χ1n) is 4.67. The van der Waals surface area contributed by atoms with Crippen LogP contribution in [0.5, 0.6) is 0 Å². The lowest BCUT2D eigenvalue weighted by atomic mass is 10.7. The maximum Gasteiger partial charge on any atom is 0.318 e. The van der Waals surface area contributed by atoms with E-state index >= 15 is 0 Å². The Balaban J connectivity index is 2.18. The van der Waals surface area contributed by atoms with E-state index in [1.54, 1.807) is 0 Å². The maximum atomic E-state index is 10.8. The van der Waals surface area contributed by atoms with Crippen molar-refractivity contribution in [1.82, 2.24) is 0 Å². The normalized spacial score (nSPS) is 24.3. The van der Waals surface area contributed by atoms with Gasteiger partial charge in [-0.15, -0.1) is 10.2 Å². The molecule has 0 saturated carbocycles. The van der Waals surface area contributed by atoms with Crippen LogP contribution in [0.15, 0.2) is 20.2 Å². The monoisotopic (exact) mass is 358 g/mol. The Morgan fingerprint density at radius 1 is 0.850 bits per heavy atom. The van der Waals surface area contributed by atoms with Crippen LogP contribution in [-0.2, 0) is 20.2 Å². The van der Waals surface area contributed by atoms with Gasteiger partial charge in [-0.3, -0.25) is 9.11 Å². The van der Waals surface area contributed by atoms with Crippen LogP contribution in [0.2, 0.25) is 0 Å². The first-order valence-corrected chi connectivity index (χ1v) is 9.53. The number of thioether (sulfide) groups is 2. The Labute approximate surface area is 122 Å². The molecule has 14 heteroatoms. The predicted octanol–water partition coefficient (Wildman–Crippen LogP) is -0.320. The summed E-state index contributed by atoms with van der Waals surface area (Å²) in [5, 5.41) is 7.22. The molecular weight excluding hydrogens is 352 g/mol. The van der Waals surface area contributed by atoms with E-state index in [0.29, 0.717) is 0 Å². The fraction of sp³-hybridized carbons (Fsp3) is 0.333. The number of hydrogen-bond donors (Lipinski definition) is 2. The van der Waals surface area contributed by atoms with Crippen LogP contribution >= 0.6 is 23.5 Å². The quantitative estimate of drug-likeness (QED) is 0.476. The zero-order chi connectivity index (χ0) is 15.0. The van der Waals surface area contributed by atoms with Crippen molar-refractivity contribution >= 4 is 64.2 Å². The molecule has 2 heterocycles. The fourth-order valence-electron chi connectivity index (χ4n) is 1.07. The third-order valence-electron chi connectivity index (χ3n) is 1.81. The average Bonchev–Trinajstić information content (AvgIpc) is 2.94. The number of nitrogens with zero attached hydrogens (tertiary/aromatic N) is 4. The minimum atomic E-state index is -4.36. The third-order valence-corrected chi connectivity index (χ3v) is 6.33. The van der Waals surface area contributed by atoms with Gasteiger partial charge in [-0.2, -0.15) is 16.8 Å². The number of aliphatic imine (C=N–C) groups is 2. The number of rotatable bonds is 1. The van der Waals surface area contributed by atoms with Crippen molar-refractivity contribution in [3.05, 3.63) is 0 Å². The molecule has 0 aromatic rings. The van der Waals surface area contributed by atoms with Gasteiger partial charge in [0, 0.05) is 0 Å². The smallest absolute Gasteiger partial charge is 0.280 e. The van der Waals surface area contributed by atoms with Crippen molar-refractivity contribution in [3.63, 3.8) is 0 Å². The largest absolute Gasteiger partial charge is 0.318 e. The van der Waals surface area contributed by atoms with Crippen LogP contribution in [0.3, 0.4) is 0 Å². The van der Waals surface area contributed by atoms with Crippen LogP contribution in [0.1, 0.15) is 0 Å². The molecule has 0 unspecified atom stereocenters. The van der Waals surface area contributed by atoms with E-state index in [9.17, 15) is 16.8 Å². The second-order valence-electron chi connectivity index (χ2n) is 3.32. The number of hydrogen-bond acceptors (Lipinski definition) is 8. The minimum Gasteiger partial charge on any atom is -0.280 e. The molecular formula is C6H6N4O6S4. The summed E-state index contributed by atoms with van der Waals surface area (Å²) < 4.78 is 59.7. The molecule has 20 heavy (non-hydrogen) atoms. The van der Waals surface area contributed by atoms with E-state index in [0.717, 1.165) is 23.5 Å². The van der Waals surface area contributed by atoms with Gasteiger partial charge in [-0.05, 0) is 0 Å². The van der Waals surface area contributed by atoms with E-state index < -0.39 is 29.0 Å². The highest BCUT2D eigenvalue weighted by Crippen LogP contribution is 2.20. The van der Waals surface area contributed by atoms with Gasteiger partial charge < -0.3 is 0 Å². The molecule has 0 saturated heterocycles. The van der Waals surface area contributed by atoms with E-state index in [1.165, 1.54) is 0 Å². The molecule has 0 fully saturated rings. The van der Waals surface area contributed by atoms with E-state index in [1.807, 2.05) is 0 Å². The predicted molar refractivity (Wildman–Crippen MR) is 77.8 cm³/mol. The van der Waals surface area contributed by atoms with E-state index in [4.69, 9.17) is 9.11 Å². The zero-order valence-electron chi connectivity index (χ0n) is 9.36. The lowest BCUT2D eigenvalue weighted by molar-refractivity contribution is 0.497. The standard InChI is InChI=1S/C6H6N4O6S4/c11-19(12,13)5-7-3(1-17-5)9-10-4-2-18-6(8-4)20(14,15)16/h1-2H2,(H,11,12,13)(H,14,15,16). The molecule has 2 aliphatic heterocycles. The first kappa shape index (κ1) is 15.6. The van der Waals surface area contributed by atoms with Crippen molar-refractivity contribution < 1.29 is 25.9 Å². The van der Waals surface area contributed by atoms with Gasteiger partial charge in [-0.1, -0.05) is 23.5 Å². The van der Waals surface area contributed by atoms with Crippen LogP contribution in [-0.4, -0.2) is 57.9 Å². The molecule has 0 bridgehead atoms. The van der Waals surface area contributed by atoms with Gasteiger partial charge >= 0.3 is 20.2 Å². The average molecular weight is 358 g/mol. The molecule has 0 atom stereocenters. The fourth-order valence-corrected chi connectivity index (χ4v) is 4.15. The van der Waals surface area contributed by atoms with E-state index in [2.05, 4.69) is 20.2 Å². The summed E-state index contributed by atoms with van der Waals surface area (Å²) in [6, 6.07) is 0. The summed E-state index contributed by atoms with van der Waals surface area (Å²) in [6.45, 7) is 0. The summed E-state index contributed by atoms with van der Waals surface area (Å²) in [7, 11) is -8.72. The molecule has 0 radical (unpaired) electrons. The van der Waals surface area contributed by atoms with Gasteiger partial charge in [0.05, 0.1) is 11.5 Å². The van der Waals surface area contributed by atoms with Crippen LogP contribution in [0.4, 0.5) is 0 Å². The van der Waals surface area contributed by atoms with Gasteiger partial charge in [0.15, 0.2) is 11.7 Å². The first-order chi connectivity index (χ1) is 9.16. The second kappa shape index (κ2) is 5.53. The van der Waals surface area contributed by atoms with Crippen molar-refractivity contribution in [3.8, 4) is 0 Å². The Kier molecular flexibility index (Phi) is 4.31. The van der Waals surface area contributed by atoms with Crippen LogP contribution in [0, 0.1) is 0 Å². The lowest BCUT2D eigenvalue weighted by Crippen LogP contribution is -2.06. The molecule has 10 nitrogen and oxygen atoms in total. The summed E-state index contributed by atoms with van der Waals surface area (Å²) in [5.41, 5.74) is 0. The number of amidine groups is 2. The molecule has 0 spiro atoms. The third kappa shape index (κ3) is 3.86. The van der Waals surface area contributed by atoms with E-state index in [-0.39, 0.29) is 23.2 Å². The summed E-state index contributed by atoms with van der Waals surface area (Å²) in [6.07, 6.45) is 0. The van der Waals surface area contributed by atoms with Crippen molar-refractivity contribution in [2.45, 2.75) is 0 Å². The highest BCUT2D eigenvalue weighted by Gasteiger charge is 2.26. The summed E-state index contributed by atoms with van der Waals surface area (Å²) in [4.78, 5) is 7.10. The van der Waals surface area contributed by atoms with Crippen molar-refractivity contribution in [1.29, 1.82) is 0 Å². The van der Waals surface area contributed by atoms with Gasteiger partial charge in [0.1, 0.15) is 0 Å². The zero-order valence-corrected chi connectivity index (χ0v) is 12.6. The van der Waals surface area contributed by atoms with Gasteiger partial charge in [-0.25, -0.2) is 9.98 Å². The Morgan fingerprint density at radius 2 is 1.20 bits per heavy atom.